The second-order valence-corrected chi connectivity index (χ2v) is 6.22. The Morgan fingerprint density at radius 2 is 2.09 bits per heavy atom. The highest BCUT2D eigenvalue weighted by Crippen LogP contribution is 2.41. The van der Waals surface area contributed by atoms with E-state index in [-0.39, 0.29) is 0 Å². The van der Waals surface area contributed by atoms with Crippen LogP contribution in [0.15, 0.2) is 24.3 Å². The van der Waals surface area contributed by atoms with Crippen molar-refractivity contribution in [1.29, 1.82) is 5.26 Å². The van der Waals surface area contributed by atoms with Crippen LogP contribution in [0.25, 0.3) is 10.4 Å². The molecular formula is C17H15NO3S. The summed E-state index contributed by atoms with van der Waals surface area (Å²) in [5.74, 6) is 0.421. The van der Waals surface area contributed by atoms with Crippen molar-refractivity contribution >= 4 is 17.3 Å². The molecule has 1 aromatic carbocycles. The molecule has 0 bridgehead atoms. The zero-order chi connectivity index (χ0) is 15.7. The molecule has 0 aliphatic heterocycles. The van der Waals surface area contributed by atoms with Crippen LogP contribution in [-0.2, 0) is 17.6 Å². The molecule has 0 radical (unpaired) electrons. The molecule has 22 heavy (non-hydrogen) atoms. The van der Waals surface area contributed by atoms with Gasteiger partial charge in [-0.15, -0.1) is 11.3 Å². The van der Waals surface area contributed by atoms with Crippen LogP contribution in [0.4, 0.5) is 0 Å². The van der Waals surface area contributed by atoms with E-state index in [2.05, 4.69) is 0 Å². The Labute approximate surface area is 132 Å². The fourth-order valence-electron chi connectivity index (χ4n) is 2.58. The van der Waals surface area contributed by atoms with Gasteiger partial charge in [0, 0.05) is 4.88 Å². The Morgan fingerprint density at radius 3 is 2.82 bits per heavy atom. The minimum absolute atomic E-state index is 0.427. The first-order valence-electron chi connectivity index (χ1n) is 7.03. The van der Waals surface area contributed by atoms with E-state index < -0.39 is 12.1 Å². The summed E-state index contributed by atoms with van der Waals surface area (Å²) in [5.41, 5.74) is 3.55. The third-order valence-corrected chi connectivity index (χ3v) is 4.89. The molecule has 2 aromatic rings. The Balaban J connectivity index is 1.94. The molecule has 1 atom stereocenters. The van der Waals surface area contributed by atoms with E-state index in [0.717, 1.165) is 29.0 Å². The molecule has 1 aliphatic rings. The smallest absolute Gasteiger partial charge is 0.349 e. The standard InChI is InChI=1S/C17H15NO3S/c1-10(9-18)21-17(19)15-8-12-4-3-11-7-13(20-2)5-6-14(11)16(12)22-15/h5-8,10H,3-4H2,1-2H3/t10-/m0/s1. The third kappa shape index (κ3) is 2.58. The summed E-state index contributed by atoms with van der Waals surface area (Å²) in [5, 5.41) is 8.74. The zero-order valence-electron chi connectivity index (χ0n) is 12.4. The highest BCUT2D eigenvalue weighted by Gasteiger charge is 2.23. The van der Waals surface area contributed by atoms with Crippen molar-refractivity contribution in [1.82, 2.24) is 0 Å². The molecule has 0 N–H and O–H groups in total. The summed E-state index contributed by atoms with van der Waals surface area (Å²) in [7, 11) is 1.66. The predicted molar refractivity (Wildman–Crippen MR) is 84.2 cm³/mol. The maximum atomic E-state index is 12.1. The Kier molecular flexibility index (Phi) is 3.86. The molecule has 1 heterocycles. The largest absolute Gasteiger partial charge is 0.497 e. The van der Waals surface area contributed by atoms with Gasteiger partial charge >= 0.3 is 5.97 Å². The van der Waals surface area contributed by atoms with Crippen LogP contribution in [0.2, 0.25) is 0 Å². The summed E-state index contributed by atoms with van der Waals surface area (Å²) in [6.45, 7) is 1.56. The highest BCUT2D eigenvalue weighted by atomic mass is 32.1. The number of thiophene rings is 1. The Morgan fingerprint density at radius 1 is 1.32 bits per heavy atom. The molecule has 0 amide bonds. The first-order valence-corrected chi connectivity index (χ1v) is 7.84. The molecule has 0 fully saturated rings. The number of ether oxygens (including phenoxy) is 2. The van der Waals surface area contributed by atoms with Crippen LogP contribution in [-0.4, -0.2) is 19.2 Å². The lowest BCUT2D eigenvalue weighted by molar-refractivity contribution is 0.0441. The molecule has 112 valence electrons. The van der Waals surface area contributed by atoms with Gasteiger partial charge in [-0.1, -0.05) is 0 Å². The SMILES string of the molecule is COc1ccc2c(c1)CCc1cc(C(=O)O[C@@H](C)C#N)sc1-2. The normalized spacial score (nSPS) is 13.5. The van der Waals surface area contributed by atoms with Crippen LogP contribution in [0.1, 0.15) is 27.7 Å². The first kappa shape index (κ1) is 14.6. The summed E-state index contributed by atoms with van der Waals surface area (Å²) < 4.78 is 10.3. The predicted octanol–water partition coefficient (Wildman–Crippen LogP) is 3.59. The number of nitriles is 1. The lowest BCUT2D eigenvalue weighted by Crippen LogP contribution is -2.11. The third-order valence-electron chi connectivity index (χ3n) is 3.70. The van der Waals surface area contributed by atoms with Crippen molar-refractivity contribution in [2.45, 2.75) is 25.9 Å². The van der Waals surface area contributed by atoms with Crippen LogP contribution in [0.3, 0.4) is 0 Å². The van der Waals surface area contributed by atoms with E-state index in [1.54, 1.807) is 14.0 Å². The van der Waals surface area contributed by atoms with E-state index in [0.29, 0.717) is 4.88 Å². The molecule has 5 heteroatoms. The minimum atomic E-state index is -0.733. The van der Waals surface area contributed by atoms with Crippen molar-refractivity contribution in [3.8, 4) is 22.3 Å². The number of methoxy groups -OCH3 is 1. The van der Waals surface area contributed by atoms with Crippen LogP contribution < -0.4 is 4.74 Å². The maximum absolute atomic E-state index is 12.1. The van der Waals surface area contributed by atoms with Gasteiger partial charge in [0.2, 0.25) is 0 Å². The van der Waals surface area contributed by atoms with Gasteiger partial charge in [0.25, 0.3) is 0 Å². The number of fused-ring (bicyclic) bond motifs is 3. The lowest BCUT2D eigenvalue weighted by atomic mass is 9.91. The summed E-state index contributed by atoms with van der Waals surface area (Å²) >= 11 is 1.43. The molecule has 1 aliphatic carbocycles. The number of carbonyl (C=O) groups excluding carboxylic acids is 1. The maximum Gasteiger partial charge on any atom is 0.349 e. The summed E-state index contributed by atoms with van der Waals surface area (Å²) in [4.78, 5) is 13.7. The second kappa shape index (κ2) is 5.82. The molecule has 3 rings (SSSR count). The van der Waals surface area contributed by atoms with Gasteiger partial charge in [0.1, 0.15) is 16.7 Å². The number of hydrogen-bond donors (Lipinski definition) is 0. The van der Waals surface area contributed by atoms with Crippen molar-refractivity contribution in [3.05, 3.63) is 40.3 Å². The van der Waals surface area contributed by atoms with E-state index in [1.807, 2.05) is 30.3 Å². The summed E-state index contributed by atoms with van der Waals surface area (Å²) in [6.07, 6.45) is 1.09. The lowest BCUT2D eigenvalue weighted by Gasteiger charge is -2.16. The van der Waals surface area contributed by atoms with Crippen molar-refractivity contribution in [2.24, 2.45) is 0 Å². The van der Waals surface area contributed by atoms with Crippen LogP contribution in [0, 0.1) is 11.3 Å². The van der Waals surface area contributed by atoms with E-state index in [4.69, 9.17) is 14.7 Å². The van der Waals surface area contributed by atoms with Crippen LogP contribution in [0.5, 0.6) is 5.75 Å². The van der Waals surface area contributed by atoms with Gasteiger partial charge < -0.3 is 9.47 Å². The van der Waals surface area contributed by atoms with Gasteiger partial charge in [0.05, 0.1) is 7.11 Å². The molecule has 0 saturated heterocycles. The average Bonchev–Trinajstić information content (AvgIpc) is 2.98. The van der Waals surface area contributed by atoms with E-state index in [9.17, 15) is 4.79 Å². The number of rotatable bonds is 3. The minimum Gasteiger partial charge on any atom is -0.497 e. The van der Waals surface area contributed by atoms with Crippen molar-refractivity contribution in [3.63, 3.8) is 0 Å². The van der Waals surface area contributed by atoms with E-state index >= 15 is 0 Å². The topological polar surface area (TPSA) is 59.3 Å². The number of aryl methyl sites for hydroxylation is 2. The fourth-order valence-corrected chi connectivity index (χ4v) is 3.74. The van der Waals surface area contributed by atoms with E-state index in [1.165, 1.54) is 22.5 Å². The molecule has 4 nitrogen and oxygen atoms in total. The van der Waals surface area contributed by atoms with Gasteiger partial charge in [-0.25, -0.2) is 4.79 Å². The molecule has 0 spiro atoms. The zero-order valence-corrected chi connectivity index (χ0v) is 13.2. The number of hydrogen-bond acceptors (Lipinski definition) is 5. The monoisotopic (exact) mass is 313 g/mol. The molecule has 0 unspecified atom stereocenters. The molecule has 1 aromatic heterocycles. The van der Waals surface area contributed by atoms with Crippen molar-refractivity contribution in [2.75, 3.05) is 7.11 Å². The number of benzene rings is 1. The van der Waals surface area contributed by atoms with Gasteiger partial charge in [-0.05, 0) is 60.7 Å². The summed E-state index contributed by atoms with van der Waals surface area (Å²) in [6, 6.07) is 9.81. The quantitative estimate of drug-likeness (QED) is 0.813. The van der Waals surface area contributed by atoms with Gasteiger partial charge in [-0.2, -0.15) is 5.26 Å². The highest BCUT2D eigenvalue weighted by molar-refractivity contribution is 7.17. The average molecular weight is 313 g/mol. The Bertz CT molecular complexity index is 773. The van der Waals surface area contributed by atoms with Gasteiger partial charge in [-0.3, -0.25) is 0 Å². The second-order valence-electron chi connectivity index (χ2n) is 5.16. The Hall–Kier alpha value is -2.32. The number of nitrogens with zero attached hydrogens (tertiary/aromatic N) is 1. The number of carbonyl (C=O) groups is 1. The fraction of sp³-hybridized carbons (Fsp3) is 0.294. The molecule has 0 saturated carbocycles. The number of esters is 1. The first-order chi connectivity index (χ1) is 10.6. The molecular weight excluding hydrogens is 298 g/mol. The van der Waals surface area contributed by atoms with Gasteiger partial charge in [0.15, 0.2) is 6.10 Å². The van der Waals surface area contributed by atoms with Crippen molar-refractivity contribution < 1.29 is 14.3 Å². The van der Waals surface area contributed by atoms with Crippen LogP contribution >= 0.6 is 11.3 Å².